The Morgan fingerprint density at radius 1 is 1.43 bits per heavy atom. The molecule has 1 aromatic carbocycles. The first-order valence-electron chi connectivity index (χ1n) is 7.70. The lowest BCUT2D eigenvalue weighted by Gasteiger charge is -2.16. The van der Waals surface area contributed by atoms with Crippen LogP contribution in [0.5, 0.6) is 5.75 Å². The average molecular weight is 336 g/mol. The van der Waals surface area contributed by atoms with E-state index >= 15 is 0 Å². The van der Waals surface area contributed by atoms with Crippen molar-refractivity contribution in [2.45, 2.75) is 25.4 Å². The standard InChI is InChI=1S/C17H24N2O3S/c1-22-15-5-3-4-13-6-9-19(17(13)15)10-7-16(21)18-14(12-20)8-11-23-2/h3-6,9,14,20H,7-8,10-12H2,1-2H3,(H,18,21)/t14-/m1/s1. The van der Waals surface area contributed by atoms with E-state index in [1.165, 1.54) is 0 Å². The quantitative estimate of drug-likeness (QED) is 0.737. The predicted octanol–water partition coefficient (Wildman–Crippen LogP) is 2.27. The smallest absolute Gasteiger partial charge is 0.222 e. The van der Waals surface area contributed by atoms with E-state index in [9.17, 15) is 9.90 Å². The summed E-state index contributed by atoms with van der Waals surface area (Å²) in [5, 5.41) is 13.3. The molecule has 0 aliphatic carbocycles. The number of methoxy groups -OCH3 is 1. The van der Waals surface area contributed by atoms with Gasteiger partial charge in [0.15, 0.2) is 0 Å². The number of para-hydroxylation sites is 1. The van der Waals surface area contributed by atoms with Gasteiger partial charge in [0.1, 0.15) is 5.75 Å². The highest BCUT2D eigenvalue weighted by molar-refractivity contribution is 7.98. The van der Waals surface area contributed by atoms with Gasteiger partial charge in [-0.1, -0.05) is 12.1 Å². The van der Waals surface area contributed by atoms with Crippen LogP contribution in [0.4, 0.5) is 0 Å². The summed E-state index contributed by atoms with van der Waals surface area (Å²) in [6.07, 6.45) is 5.14. The highest BCUT2D eigenvalue weighted by atomic mass is 32.2. The minimum absolute atomic E-state index is 0.0213. The molecule has 5 nitrogen and oxygen atoms in total. The fourth-order valence-electron chi connectivity index (χ4n) is 2.57. The van der Waals surface area contributed by atoms with Gasteiger partial charge in [0, 0.05) is 24.5 Å². The molecule has 0 saturated heterocycles. The second-order valence-electron chi connectivity index (χ2n) is 5.39. The number of aromatic nitrogens is 1. The molecule has 1 aromatic heterocycles. The van der Waals surface area contributed by atoms with Gasteiger partial charge in [-0.05, 0) is 30.6 Å². The third-order valence-corrected chi connectivity index (χ3v) is 4.45. The number of nitrogens with zero attached hydrogens (tertiary/aromatic N) is 1. The molecule has 1 heterocycles. The summed E-state index contributed by atoms with van der Waals surface area (Å²) < 4.78 is 7.43. The van der Waals surface area contributed by atoms with Gasteiger partial charge in [-0.25, -0.2) is 0 Å². The van der Waals surface area contributed by atoms with Gasteiger partial charge in [-0.2, -0.15) is 11.8 Å². The van der Waals surface area contributed by atoms with E-state index < -0.39 is 0 Å². The molecule has 23 heavy (non-hydrogen) atoms. The SMILES string of the molecule is COc1cccc2ccn(CCC(=O)N[C@@H](CO)CCSC)c12. The number of aliphatic hydroxyl groups is 1. The molecule has 2 aromatic rings. The number of nitrogens with one attached hydrogen (secondary N) is 1. The molecule has 0 bridgehead atoms. The van der Waals surface area contributed by atoms with Crippen LogP contribution in [0.1, 0.15) is 12.8 Å². The van der Waals surface area contributed by atoms with Crippen LogP contribution in [0.2, 0.25) is 0 Å². The Hall–Kier alpha value is -1.66. The first-order valence-corrected chi connectivity index (χ1v) is 9.10. The van der Waals surface area contributed by atoms with E-state index in [1.807, 2.05) is 41.3 Å². The summed E-state index contributed by atoms with van der Waals surface area (Å²) in [6.45, 7) is 0.558. The Kier molecular flexibility index (Phi) is 6.80. The van der Waals surface area contributed by atoms with Crippen molar-refractivity contribution in [3.8, 4) is 5.75 Å². The Morgan fingerprint density at radius 2 is 2.26 bits per heavy atom. The van der Waals surface area contributed by atoms with Crippen molar-refractivity contribution in [3.05, 3.63) is 30.5 Å². The number of amides is 1. The van der Waals surface area contributed by atoms with Crippen molar-refractivity contribution in [2.75, 3.05) is 25.7 Å². The van der Waals surface area contributed by atoms with Crippen molar-refractivity contribution in [1.82, 2.24) is 9.88 Å². The molecule has 0 saturated carbocycles. The molecule has 2 rings (SSSR count). The van der Waals surface area contributed by atoms with Gasteiger partial charge < -0.3 is 19.7 Å². The van der Waals surface area contributed by atoms with Crippen LogP contribution in [0, 0.1) is 0 Å². The number of benzene rings is 1. The molecule has 2 N–H and O–H groups in total. The summed E-state index contributed by atoms with van der Waals surface area (Å²) in [5.74, 6) is 1.69. The van der Waals surface area contributed by atoms with Crippen LogP contribution < -0.4 is 10.1 Å². The molecule has 1 atom stereocenters. The van der Waals surface area contributed by atoms with Gasteiger partial charge in [0.2, 0.25) is 5.91 Å². The van der Waals surface area contributed by atoms with Gasteiger partial charge >= 0.3 is 0 Å². The number of aliphatic hydroxyl groups excluding tert-OH is 1. The molecule has 6 heteroatoms. The van der Waals surface area contributed by atoms with E-state index in [4.69, 9.17) is 4.74 Å². The number of hydrogen-bond donors (Lipinski definition) is 2. The Morgan fingerprint density at radius 3 is 2.96 bits per heavy atom. The molecule has 0 spiro atoms. The Bertz CT molecular complexity index is 642. The summed E-state index contributed by atoms with van der Waals surface area (Å²) in [4.78, 5) is 12.1. The van der Waals surface area contributed by atoms with Gasteiger partial charge in [-0.3, -0.25) is 4.79 Å². The van der Waals surface area contributed by atoms with Gasteiger partial charge in [-0.15, -0.1) is 0 Å². The number of ether oxygens (including phenoxy) is 1. The zero-order chi connectivity index (χ0) is 16.7. The van der Waals surface area contributed by atoms with E-state index in [-0.39, 0.29) is 18.6 Å². The molecule has 0 aliphatic heterocycles. The number of hydrogen-bond acceptors (Lipinski definition) is 4. The Balaban J connectivity index is 1.96. The minimum atomic E-state index is -0.161. The first kappa shape index (κ1) is 17.7. The highest BCUT2D eigenvalue weighted by Crippen LogP contribution is 2.26. The Labute approximate surface area is 141 Å². The summed E-state index contributed by atoms with van der Waals surface area (Å²) in [5.41, 5.74) is 1.00. The van der Waals surface area contributed by atoms with Crippen molar-refractivity contribution in [3.63, 3.8) is 0 Å². The lowest BCUT2D eigenvalue weighted by molar-refractivity contribution is -0.122. The molecule has 0 fully saturated rings. The van der Waals surface area contributed by atoms with Crippen molar-refractivity contribution in [1.29, 1.82) is 0 Å². The van der Waals surface area contributed by atoms with Crippen LogP contribution in [-0.4, -0.2) is 47.3 Å². The van der Waals surface area contributed by atoms with Crippen LogP contribution in [0.15, 0.2) is 30.5 Å². The van der Waals surface area contributed by atoms with Crippen LogP contribution >= 0.6 is 11.8 Å². The normalized spacial score (nSPS) is 12.3. The maximum Gasteiger partial charge on any atom is 0.222 e. The van der Waals surface area contributed by atoms with Crippen LogP contribution in [-0.2, 0) is 11.3 Å². The van der Waals surface area contributed by atoms with Crippen LogP contribution in [0.3, 0.4) is 0 Å². The third-order valence-electron chi connectivity index (χ3n) is 3.81. The molecular formula is C17H24N2O3S. The molecule has 0 unspecified atom stereocenters. The number of carbonyl (C=O) groups excluding carboxylic acids is 1. The van der Waals surface area contributed by atoms with Crippen molar-refractivity contribution >= 4 is 28.6 Å². The number of thioether (sulfide) groups is 1. The molecule has 1 amide bonds. The zero-order valence-electron chi connectivity index (χ0n) is 13.6. The number of carbonyl (C=O) groups is 1. The van der Waals surface area contributed by atoms with E-state index in [0.717, 1.165) is 28.8 Å². The molecule has 0 aliphatic rings. The van der Waals surface area contributed by atoms with E-state index in [1.54, 1.807) is 18.9 Å². The summed E-state index contributed by atoms with van der Waals surface area (Å²) in [6, 6.07) is 7.76. The number of rotatable bonds is 9. The van der Waals surface area contributed by atoms with E-state index in [0.29, 0.717) is 13.0 Å². The van der Waals surface area contributed by atoms with Crippen molar-refractivity contribution < 1.29 is 14.6 Å². The molecular weight excluding hydrogens is 312 g/mol. The maximum atomic E-state index is 12.1. The fourth-order valence-corrected chi connectivity index (χ4v) is 3.09. The monoisotopic (exact) mass is 336 g/mol. The lowest BCUT2D eigenvalue weighted by Crippen LogP contribution is -2.38. The molecule has 126 valence electrons. The largest absolute Gasteiger partial charge is 0.495 e. The fraction of sp³-hybridized carbons (Fsp3) is 0.471. The number of aryl methyl sites for hydroxylation is 1. The van der Waals surface area contributed by atoms with Gasteiger partial charge in [0.25, 0.3) is 0 Å². The lowest BCUT2D eigenvalue weighted by atomic mass is 10.2. The average Bonchev–Trinajstić information content (AvgIpc) is 3.00. The second kappa shape index (κ2) is 8.84. The summed E-state index contributed by atoms with van der Waals surface area (Å²) in [7, 11) is 1.65. The highest BCUT2D eigenvalue weighted by Gasteiger charge is 2.12. The second-order valence-corrected chi connectivity index (χ2v) is 6.37. The van der Waals surface area contributed by atoms with Crippen molar-refractivity contribution in [2.24, 2.45) is 0 Å². The maximum absolute atomic E-state index is 12.1. The minimum Gasteiger partial charge on any atom is -0.495 e. The zero-order valence-corrected chi connectivity index (χ0v) is 14.4. The number of fused-ring (bicyclic) bond motifs is 1. The van der Waals surface area contributed by atoms with Gasteiger partial charge in [0.05, 0.1) is 25.3 Å². The first-order chi connectivity index (χ1) is 11.2. The van der Waals surface area contributed by atoms with E-state index in [2.05, 4.69) is 5.32 Å². The summed E-state index contributed by atoms with van der Waals surface area (Å²) >= 11 is 1.71. The molecule has 0 radical (unpaired) electrons. The predicted molar refractivity (Wildman–Crippen MR) is 95.1 cm³/mol. The topological polar surface area (TPSA) is 63.5 Å². The van der Waals surface area contributed by atoms with Crippen LogP contribution in [0.25, 0.3) is 10.9 Å². The third kappa shape index (κ3) is 4.65.